The minimum atomic E-state index is -1.45. The van der Waals surface area contributed by atoms with Gasteiger partial charge in [0.25, 0.3) is 0 Å². The molecule has 0 amide bonds. The third kappa shape index (κ3) is 4.23. The molecule has 0 aliphatic carbocycles. The fourth-order valence-electron chi connectivity index (χ4n) is 1.26. The molecule has 0 bridgehead atoms. The van der Waals surface area contributed by atoms with Crippen molar-refractivity contribution in [3.63, 3.8) is 0 Å². The molecule has 0 aromatic heterocycles. The quantitative estimate of drug-likeness (QED) is 0.495. The lowest BCUT2D eigenvalue weighted by atomic mass is 9.90. The topological polar surface area (TPSA) is 93.5 Å². The van der Waals surface area contributed by atoms with E-state index < -0.39 is 29.6 Å². The van der Waals surface area contributed by atoms with Crippen LogP contribution in [0, 0.1) is 23.2 Å². The van der Waals surface area contributed by atoms with E-state index in [0.29, 0.717) is 0 Å². The molecule has 0 rings (SSSR count). The first-order valence-electron chi connectivity index (χ1n) is 5.22. The van der Waals surface area contributed by atoms with Gasteiger partial charge in [0, 0.05) is 0 Å². The van der Waals surface area contributed by atoms with Crippen LogP contribution in [0.2, 0.25) is 0 Å². The maximum Gasteiger partial charge on any atom is 0.324 e. The second-order valence-electron chi connectivity index (χ2n) is 3.20. The molecular formula is C11H15NO5. The molecule has 0 aromatic rings. The predicted molar refractivity (Wildman–Crippen MR) is 56.5 cm³/mol. The van der Waals surface area contributed by atoms with Crippen LogP contribution in [0.4, 0.5) is 0 Å². The average Bonchev–Trinajstić information content (AvgIpc) is 2.25. The van der Waals surface area contributed by atoms with Gasteiger partial charge in [0.15, 0.2) is 5.92 Å². The Morgan fingerprint density at radius 2 is 1.59 bits per heavy atom. The minimum Gasteiger partial charge on any atom is -0.465 e. The largest absolute Gasteiger partial charge is 0.465 e. The van der Waals surface area contributed by atoms with Crippen molar-refractivity contribution in [3.8, 4) is 6.07 Å². The zero-order valence-electron chi connectivity index (χ0n) is 10.1. The van der Waals surface area contributed by atoms with Crippen LogP contribution in [0.5, 0.6) is 0 Å². The molecule has 0 aliphatic heterocycles. The number of Topliss-reactive ketones (excluding diaryl/α,β-unsaturated/α-hetero) is 1. The molecular weight excluding hydrogens is 226 g/mol. The number of nitriles is 1. The van der Waals surface area contributed by atoms with Crippen molar-refractivity contribution in [2.24, 2.45) is 11.8 Å². The van der Waals surface area contributed by atoms with E-state index in [0.717, 1.165) is 6.92 Å². The summed E-state index contributed by atoms with van der Waals surface area (Å²) in [5.41, 5.74) is 0. The Kier molecular flexibility index (Phi) is 6.56. The van der Waals surface area contributed by atoms with Gasteiger partial charge in [-0.25, -0.2) is 0 Å². The molecule has 0 aliphatic rings. The molecule has 0 unspecified atom stereocenters. The SMILES string of the molecule is CCOC(=O)[C@H](C(C)=O)[C@@H](C#N)C(=O)OCC. The number of esters is 2. The molecule has 0 radical (unpaired) electrons. The highest BCUT2D eigenvalue weighted by molar-refractivity contribution is 6.02. The lowest BCUT2D eigenvalue weighted by Gasteiger charge is -2.16. The summed E-state index contributed by atoms with van der Waals surface area (Å²) in [6, 6.07) is 1.61. The van der Waals surface area contributed by atoms with Gasteiger partial charge in [-0.2, -0.15) is 5.26 Å². The van der Waals surface area contributed by atoms with Crippen LogP contribution in [-0.4, -0.2) is 30.9 Å². The third-order valence-electron chi connectivity index (χ3n) is 1.99. The van der Waals surface area contributed by atoms with E-state index in [1.54, 1.807) is 19.9 Å². The van der Waals surface area contributed by atoms with E-state index >= 15 is 0 Å². The normalized spacial score (nSPS) is 13.1. The summed E-state index contributed by atoms with van der Waals surface area (Å²) in [5.74, 6) is -5.23. The summed E-state index contributed by atoms with van der Waals surface area (Å²) in [6.07, 6.45) is 0. The lowest BCUT2D eigenvalue weighted by Crippen LogP contribution is -2.36. The molecule has 0 aromatic carbocycles. The van der Waals surface area contributed by atoms with E-state index in [4.69, 9.17) is 5.26 Å². The van der Waals surface area contributed by atoms with Gasteiger partial charge in [0.1, 0.15) is 11.7 Å². The highest BCUT2D eigenvalue weighted by atomic mass is 16.5. The van der Waals surface area contributed by atoms with Crippen LogP contribution in [-0.2, 0) is 23.9 Å². The second-order valence-corrected chi connectivity index (χ2v) is 3.20. The summed E-state index contributed by atoms with van der Waals surface area (Å²) in [4.78, 5) is 34.2. The number of carbonyl (C=O) groups is 3. The Morgan fingerprint density at radius 1 is 1.12 bits per heavy atom. The number of hydrogen-bond donors (Lipinski definition) is 0. The first-order chi connectivity index (χ1) is 7.99. The summed E-state index contributed by atoms with van der Waals surface area (Å²) in [7, 11) is 0. The Labute approximate surface area is 99.5 Å². The minimum absolute atomic E-state index is 0.0730. The Balaban J connectivity index is 5.02. The van der Waals surface area contributed by atoms with Gasteiger partial charge in [-0.15, -0.1) is 0 Å². The van der Waals surface area contributed by atoms with Gasteiger partial charge in [-0.1, -0.05) is 0 Å². The maximum absolute atomic E-state index is 11.5. The van der Waals surface area contributed by atoms with E-state index in [-0.39, 0.29) is 13.2 Å². The highest BCUT2D eigenvalue weighted by Crippen LogP contribution is 2.16. The van der Waals surface area contributed by atoms with Crippen molar-refractivity contribution in [1.29, 1.82) is 5.26 Å². The van der Waals surface area contributed by atoms with Gasteiger partial charge >= 0.3 is 11.9 Å². The molecule has 0 spiro atoms. The van der Waals surface area contributed by atoms with Crippen LogP contribution < -0.4 is 0 Å². The summed E-state index contributed by atoms with van der Waals surface area (Å²) < 4.78 is 9.29. The molecule has 6 nitrogen and oxygen atoms in total. The first kappa shape index (κ1) is 15.1. The number of ketones is 1. The predicted octanol–water partition coefficient (Wildman–Crippen LogP) is 0.458. The zero-order chi connectivity index (χ0) is 13.4. The van der Waals surface area contributed by atoms with Crippen molar-refractivity contribution in [2.75, 3.05) is 13.2 Å². The highest BCUT2D eigenvalue weighted by Gasteiger charge is 2.39. The Hall–Kier alpha value is -1.90. The van der Waals surface area contributed by atoms with E-state index in [2.05, 4.69) is 9.47 Å². The molecule has 6 heteroatoms. The van der Waals surface area contributed by atoms with Gasteiger partial charge in [0.2, 0.25) is 0 Å². The fraction of sp³-hybridized carbons (Fsp3) is 0.636. The number of rotatable bonds is 6. The van der Waals surface area contributed by atoms with Crippen LogP contribution >= 0.6 is 0 Å². The monoisotopic (exact) mass is 241 g/mol. The van der Waals surface area contributed by atoms with Gasteiger partial charge in [0.05, 0.1) is 19.3 Å². The molecule has 0 saturated carbocycles. The molecule has 94 valence electrons. The van der Waals surface area contributed by atoms with Crippen LogP contribution in [0.15, 0.2) is 0 Å². The Morgan fingerprint density at radius 3 is 1.94 bits per heavy atom. The standard InChI is InChI=1S/C11H15NO5/c1-4-16-10(14)8(6-12)9(7(3)13)11(15)17-5-2/h8-9H,4-5H2,1-3H3/t8-,9-/m1/s1. The number of ether oxygens (including phenoxy) is 2. The van der Waals surface area contributed by atoms with Crippen molar-refractivity contribution < 1.29 is 23.9 Å². The van der Waals surface area contributed by atoms with Gasteiger partial charge < -0.3 is 9.47 Å². The molecule has 0 heterocycles. The maximum atomic E-state index is 11.5. The Bertz CT molecular complexity index is 344. The van der Waals surface area contributed by atoms with Crippen LogP contribution in [0.25, 0.3) is 0 Å². The van der Waals surface area contributed by atoms with Gasteiger partial charge in [-0.05, 0) is 20.8 Å². The van der Waals surface area contributed by atoms with Crippen molar-refractivity contribution >= 4 is 17.7 Å². The third-order valence-corrected chi connectivity index (χ3v) is 1.99. The summed E-state index contributed by atoms with van der Waals surface area (Å²) in [6.45, 7) is 4.42. The van der Waals surface area contributed by atoms with Crippen molar-refractivity contribution in [2.45, 2.75) is 20.8 Å². The lowest BCUT2D eigenvalue weighted by molar-refractivity contribution is -0.160. The molecule has 17 heavy (non-hydrogen) atoms. The number of hydrogen-bond acceptors (Lipinski definition) is 6. The smallest absolute Gasteiger partial charge is 0.324 e. The summed E-state index contributed by atoms with van der Waals surface area (Å²) in [5, 5.41) is 8.85. The van der Waals surface area contributed by atoms with E-state index in [1.165, 1.54) is 0 Å². The number of nitrogens with zero attached hydrogens (tertiary/aromatic N) is 1. The zero-order valence-corrected chi connectivity index (χ0v) is 10.1. The van der Waals surface area contributed by atoms with Crippen LogP contribution in [0.3, 0.4) is 0 Å². The number of carbonyl (C=O) groups excluding carboxylic acids is 3. The van der Waals surface area contributed by atoms with Crippen LogP contribution in [0.1, 0.15) is 20.8 Å². The molecule has 0 N–H and O–H groups in total. The average molecular weight is 241 g/mol. The molecule has 2 atom stereocenters. The van der Waals surface area contributed by atoms with E-state index in [1.807, 2.05) is 0 Å². The fourth-order valence-corrected chi connectivity index (χ4v) is 1.26. The summed E-state index contributed by atoms with van der Waals surface area (Å²) >= 11 is 0. The first-order valence-corrected chi connectivity index (χ1v) is 5.22. The molecule has 0 fully saturated rings. The molecule has 0 saturated heterocycles. The van der Waals surface area contributed by atoms with Crippen molar-refractivity contribution in [1.82, 2.24) is 0 Å². The second kappa shape index (κ2) is 7.39. The van der Waals surface area contributed by atoms with Gasteiger partial charge in [-0.3, -0.25) is 14.4 Å². The van der Waals surface area contributed by atoms with Crippen molar-refractivity contribution in [3.05, 3.63) is 0 Å². The van der Waals surface area contributed by atoms with E-state index in [9.17, 15) is 14.4 Å².